The Labute approximate surface area is 119 Å². The Kier molecular flexibility index (Phi) is 4.00. The fraction of sp³-hybridized carbons (Fsp3) is 0.294. The SMILES string of the molecule is [O]Cc1ccc(-c2ccc(N3CCOCC3)cc2)cc1. The zero-order valence-corrected chi connectivity index (χ0v) is 11.4. The molecule has 0 N–H and O–H groups in total. The number of ether oxygens (including phenoxy) is 1. The zero-order valence-electron chi connectivity index (χ0n) is 11.4. The van der Waals surface area contributed by atoms with E-state index < -0.39 is 0 Å². The van der Waals surface area contributed by atoms with Gasteiger partial charge < -0.3 is 9.64 Å². The molecule has 103 valence electrons. The van der Waals surface area contributed by atoms with Gasteiger partial charge in [-0.15, -0.1) is 0 Å². The lowest BCUT2D eigenvalue weighted by Crippen LogP contribution is -2.36. The van der Waals surface area contributed by atoms with Crippen molar-refractivity contribution in [2.75, 3.05) is 31.2 Å². The summed E-state index contributed by atoms with van der Waals surface area (Å²) in [6.07, 6.45) is 0. The molecule has 0 unspecified atom stereocenters. The molecule has 0 amide bonds. The van der Waals surface area contributed by atoms with Gasteiger partial charge in [0, 0.05) is 18.8 Å². The fourth-order valence-electron chi connectivity index (χ4n) is 2.48. The van der Waals surface area contributed by atoms with E-state index in [0.717, 1.165) is 37.4 Å². The van der Waals surface area contributed by atoms with Crippen molar-refractivity contribution in [3.05, 3.63) is 54.1 Å². The number of nitrogens with zero attached hydrogens (tertiary/aromatic N) is 1. The minimum Gasteiger partial charge on any atom is -0.378 e. The molecular formula is C17H18NO2. The van der Waals surface area contributed by atoms with E-state index in [1.54, 1.807) is 0 Å². The van der Waals surface area contributed by atoms with Crippen molar-refractivity contribution in [2.45, 2.75) is 6.61 Å². The zero-order chi connectivity index (χ0) is 13.8. The van der Waals surface area contributed by atoms with E-state index in [0.29, 0.717) is 0 Å². The number of hydrogen-bond donors (Lipinski definition) is 0. The highest BCUT2D eigenvalue weighted by Gasteiger charge is 2.10. The third-order valence-electron chi connectivity index (χ3n) is 3.70. The van der Waals surface area contributed by atoms with Gasteiger partial charge in [0.2, 0.25) is 0 Å². The topological polar surface area (TPSA) is 32.4 Å². The Hall–Kier alpha value is -1.84. The highest BCUT2D eigenvalue weighted by molar-refractivity contribution is 5.66. The summed E-state index contributed by atoms with van der Waals surface area (Å²) in [5, 5.41) is 10.8. The lowest BCUT2D eigenvalue weighted by Gasteiger charge is -2.28. The van der Waals surface area contributed by atoms with E-state index in [2.05, 4.69) is 29.2 Å². The van der Waals surface area contributed by atoms with Crippen LogP contribution in [0.5, 0.6) is 0 Å². The Balaban J connectivity index is 1.77. The summed E-state index contributed by atoms with van der Waals surface area (Å²) in [5.41, 5.74) is 4.40. The Bertz CT molecular complexity index is 542. The number of hydrogen-bond acceptors (Lipinski definition) is 2. The molecule has 0 spiro atoms. The molecule has 0 saturated carbocycles. The molecule has 1 radical (unpaired) electrons. The number of rotatable bonds is 3. The first-order chi connectivity index (χ1) is 9.86. The third kappa shape index (κ3) is 2.84. The monoisotopic (exact) mass is 268 g/mol. The maximum atomic E-state index is 10.8. The molecule has 1 saturated heterocycles. The maximum absolute atomic E-state index is 10.8. The van der Waals surface area contributed by atoms with Crippen LogP contribution in [0.3, 0.4) is 0 Å². The first-order valence-electron chi connectivity index (χ1n) is 6.97. The van der Waals surface area contributed by atoms with Crippen LogP contribution < -0.4 is 4.90 Å². The summed E-state index contributed by atoms with van der Waals surface area (Å²) in [7, 11) is 0. The Morgan fingerprint density at radius 1 is 0.850 bits per heavy atom. The fourth-order valence-corrected chi connectivity index (χ4v) is 2.48. The van der Waals surface area contributed by atoms with Gasteiger partial charge in [0.25, 0.3) is 0 Å². The van der Waals surface area contributed by atoms with Crippen molar-refractivity contribution in [3.63, 3.8) is 0 Å². The number of benzene rings is 2. The van der Waals surface area contributed by atoms with Crippen LogP contribution in [-0.4, -0.2) is 26.3 Å². The van der Waals surface area contributed by atoms with Crippen LogP contribution in [-0.2, 0) is 16.5 Å². The molecule has 0 bridgehead atoms. The standard InChI is InChI=1S/C17H18NO2/c19-13-14-1-3-15(4-2-14)16-5-7-17(8-6-16)18-9-11-20-12-10-18/h1-8H,9-13H2. The lowest BCUT2D eigenvalue weighted by atomic mass is 10.0. The predicted octanol–water partition coefficient (Wildman–Crippen LogP) is 3.12. The first kappa shape index (κ1) is 13.2. The average Bonchev–Trinajstić information content (AvgIpc) is 2.56. The Morgan fingerprint density at radius 2 is 1.40 bits per heavy atom. The summed E-state index contributed by atoms with van der Waals surface area (Å²) in [5.74, 6) is 0. The largest absolute Gasteiger partial charge is 0.378 e. The van der Waals surface area contributed by atoms with Crippen molar-refractivity contribution in [1.82, 2.24) is 0 Å². The second-order valence-electron chi connectivity index (χ2n) is 4.99. The van der Waals surface area contributed by atoms with Gasteiger partial charge in [-0.1, -0.05) is 36.4 Å². The molecular weight excluding hydrogens is 250 g/mol. The maximum Gasteiger partial charge on any atom is 0.107 e. The van der Waals surface area contributed by atoms with Crippen molar-refractivity contribution in [1.29, 1.82) is 0 Å². The molecule has 2 aromatic rings. The van der Waals surface area contributed by atoms with Crippen LogP contribution in [0.25, 0.3) is 11.1 Å². The van der Waals surface area contributed by atoms with Crippen molar-refractivity contribution in [3.8, 4) is 11.1 Å². The summed E-state index contributed by atoms with van der Waals surface area (Å²) in [4.78, 5) is 2.34. The van der Waals surface area contributed by atoms with E-state index in [4.69, 9.17) is 4.74 Å². The minimum absolute atomic E-state index is 0.156. The molecule has 2 aromatic carbocycles. The minimum atomic E-state index is -0.156. The van der Waals surface area contributed by atoms with E-state index in [9.17, 15) is 5.11 Å². The molecule has 0 atom stereocenters. The van der Waals surface area contributed by atoms with Crippen LogP contribution in [0.2, 0.25) is 0 Å². The van der Waals surface area contributed by atoms with Gasteiger partial charge >= 0.3 is 0 Å². The molecule has 0 aromatic heterocycles. The van der Waals surface area contributed by atoms with E-state index in [1.807, 2.05) is 24.3 Å². The molecule has 1 aliphatic heterocycles. The van der Waals surface area contributed by atoms with Crippen molar-refractivity contribution in [2.24, 2.45) is 0 Å². The second-order valence-corrected chi connectivity index (χ2v) is 4.99. The second kappa shape index (κ2) is 6.07. The van der Waals surface area contributed by atoms with Gasteiger partial charge in [0.05, 0.1) is 13.2 Å². The quantitative estimate of drug-likeness (QED) is 0.856. The Morgan fingerprint density at radius 3 is 1.95 bits per heavy atom. The molecule has 3 rings (SSSR count). The number of morpholine rings is 1. The van der Waals surface area contributed by atoms with E-state index in [-0.39, 0.29) is 6.61 Å². The van der Waals surface area contributed by atoms with Gasteiger partial charge in [0.1, 0.15) is 6.61 Å². The lowest BCUT2D eigenvalue weighted by molar-refractivity contribution is 0.122. The molecule has 3 nitrogen and oxygen atoms in total. The van der Waals surface area contributed by atoms with Crippen LogP contribution >= 0.6 is 0 Å². The third-order valence-corrected chi connectivity index (χ3v) is 3.70. The smallest absolute Gasteiger partial charge is 0.107 e. The molecule has 3 heteroatoms. The van der Waals surface area contributed by atoms with E-state index >= 15 is 0 Å². The summed E-state index contributed by atoms with van der Waals surface area (Å²) >= 11 is 0. The molecule has 1 heterocycles. The molecule has 20 heavy (non-hydrogen) atoms. The first-order valence-corrected chi connectivity index (χ1v) is 6.97. The average molecular weight is 268 g/mol. The van der Waals surface area contributed by atoms with Gasteiger partial charge in [-0.2, -0.15) is 0 Å². The highest BCUT2D eigenvalue weighted by atomic mass is 16.5. The molecule has 1 fully saturated rings. The summed E-state index contributed by atoms with van der Waals surface area (Å²) in [6, 6.07) is 16.4. The predicted molar refractivity (Wildman–Crippen MR) is 79.3 cm³/mol. The van der Waals surface area contributed by atoms with Crippen molar-refractivity contribution < 1.29 is 9.84 Å². The van der Waals surface area contributed by atoms with Crippen LogP contribution in [0.1, 0.15) is 5.56 Å². The molecule has 0 aliphatic carbocycles. The van der Waals surface area contributed by atoms with Crippen LogP contribution in [0.15, 0.2) is 48.5 Å². The van der Waals surface area contributed by atoms with Gasteiger partial charge in [-0.3, -0.25) is 0 Å². The highest BCUT2D eigenvalue weighted by Crippen LogP contribution is 2.24. The summed E-state index contributed by atoms with van der Waals surface area (Å²) in [6.45, 7) is 3.36. The van der Waals surface area contributed by atoms with Crippen LogP contribution in [0.4, 0.5) is 5.69 Å². The molecule has 1 aliphatic rings. The van der Waals surface area contributed by atoms with E-state index in [1.165, 1.54) is 11.3 Å². The van der Waals surface area contributed by atoms with Crippen molar-refractivity contribution >= 4 is 5.69 Å². The summed E-state index contributed by atoms with van der Waals surface area (Å²) < 4.78 is 5.37. The normalized spacial score (nSPS) is 15.3. The number of anilines is 1. The van der Waals surface area contributed by atoms with Gasteiger partial charge in [-0.05, 0) is 28.8 Å². The van der Waals surface area contributed by atoms with Gasteiger partial charge in [-0.25, -0.2) is 5.11 Å². The van der Waals surface area contributed by atoms with Gasteiger partial charge in [0.15, 0.2) is 0 Å². The van der Waals surface area contributed by atoms with Crippen LogP contribution in [0, 0.1) is 0 Å².